The summed E-state index contributed by atoms with van der Waals surface area (Å²) in [7, 11) is 0. The fourth-order valence-electron chi connectivity index (χ4n) is 1.71. The van der Waals surface area contributed by atoms with E-state index in [0.717, 1.165) is 26.0 Å². The van der Waals surface area contributed by atoms with Crippen LogP contribution in [0.15, 0.2) is 42.7 Å². The lowest BCUT2D eigenvalue weighted by atomic mass is 10.1. The van der Waals surface area contributed by atoms with Crippen molar-refractivity contribution in [2.75, 3.05) is 0 Å². The van der Waals surface area contributed by atoms with Crippen molar-refractivity contribution in [3.05, 3.63) is 46.4 Å². The molecule has 0 amide bonds. The summed E-state index contributed by atoms with van der Waals surface area (Å²) in [6.45, 7) is 0. The highest BCUT2D eigenvalue weighted by atomic mass is 127. The molecule has 3 rings (SSSR count). The van der Waals surface area contributed by atoms with Gasteiger partial charge in [-0.2, -0.15) is 0 Å². The Hall–Kier alpha value is -1.43. The van der Waals surface area contributed by atoms with Gasteiger partial charge in [-0.3, -0.25) is 0 Å². The number of benzene rings is 1. The Balaban J connectivity index is 2.29. The van der Waals surface area contributed by atoms with Crippen LogP contribution >= 0.6 is 22.6 Å². The monoisotopic (exact) mass is 321 g/mol. The molecule has 0 saturated carbocycles. The van der Waals surface area contributed by atoms with Crippen molar-refractivity contribution >= 4 is 33.8 Å². The number of hydrogen-bond acceptors (Lipinski definition) is 2. The fourth-order valence-corrected chi connectivity index (χ4v) is 2.09. The second-order valence-corrected chi connectivity index (χ2v) is 4.56. The molecular formula is C12H8IN3. The molecule has 0 spiro atoms. The lowest BCUT2D eigenvalue weighted by Crippen LogP contribution is -1.85. The minimum atomic E-state index is 0.833. The van der Waals surface area contributed by atoms with Crippen molar-refractivity contribution in [2.24, 2.45) is 0 Å². The second-order valence-electron chi connectivity index (χ2n) is 3.46. The van der Waals surface area contributed by atoms with Crippen LogP contribution in [0.2, 0.25) is 0 Å². The topological polar surface area (TPSA) is 41.6 Å². The van der Waals surface area contributed by atoms with Gasteiger partial charge in [0.05, 0.1) is 6.20 Å². The van der Waals surface area contributed by atoms with Crippen molar-refractivity contribution in [2.45, 2.75) is 0 Å². The first-order valence-corrected chi connectivity index (χ1v) is 5.97. The molecule has 0 unspecified atom stereocenters. The van der Waals surface area contributed by atoms with Gasteiger partial charge < -0.3 is 4.98 Å². The van der Waals surface area contributed by atoms with E-state index < -0.39 is 0 Å². The molecule has 0 aliphatic heterocycles. The Morgan fingerprint density at radius 2 is 1.94 bits per heavy atom. The van der Waals surface area contributed by atoms with E-state index in [4.69, 9.17) is 0 Å². The predicted molar refractivity (Wildman–Crippen MR) is 72.0 cm³/mol. The Kier molecular flexibility index (Phi) is 2.36. The van der Waals surface area contributed by atoms with Crippen molar-refractivity contribution in [1.29, 1.82) is 0 Å². The molecule has 0 aliphatic carbocycles. The zero-order chi connectivity index (χ0) is 11.0. The van der Waals surface area contributed by atoms with Crippen molar-refractivity contribution < 1.29 is 0 Å². The summed E-state index contributed by atoms with van der Waals surface area (Å²) in [6.07, 6.45) is 3.71. The Morgan fingerprint density at radius 1 is 1.12 bits per heavy atom. The summed E-state index contributed by atoms with van der Waals surface area (Å²) in [6, 6.07) is 10.2. The first-order valence-electron chi connectivity index (χ1n) is 4.89. The molecule has 16 heavy (non-hydrogen) atoms. The predicted octanol–water partition coefficient (Wildman–Crippen LogP) is 3.23. The Bertz CT molecular complexity index is 631. The summed E-state index contributed by atoms with van der Waals surface area (Å²) >= 11 is 2.17. The molecular weight excluding hydrogens is 313 g/mol. The quantitative estimate of drug-likeness (QED) is 0.699. The van der Waals surface area contributed by atoms with Crippen LogP contribution in [0, 0.1) is 3.70 Å². The summed E-state index contributed by atoms with van der Waals surface area (Å²) in [4.78, 5) is 11.9. The third kappa shape index (κ3) is 1.59. The van der Waals surface area contributed by atoms with Crippen molar-refractivity contribution in [3.8, 4) is 11.1 Å². The minimum Gasteiger partial charge on any atom is -0.344 e. The van der Waals surface area contributed by atoms with Gasteiger partial charge in [0.2, 0.25) is 0 Å². The summed E-state index contributed by atoms with van der Waals surface area (Å²) in [5, 5.41) is 0. The third-order valence-corrected chi connectivity index (χ3v) is 2.96. The van der Waals surface area contributed by atoms with E-state index in [0.29, 0.717) is 0 Å². The maximum Gasteiger partial charge on any atom is 0.156 e. The van der Waals surface area contributed by atoms with Crippen LogP contribution in [0.1, 0.15) is 0 Å². The van der Waals surface area contributed by atoms with Crippen molar-refractivity contribution in [3.63, 3.8) is 0 Å². The van der Waals surface area contributed by atoms with Crippen LogP contribution < -0.4 is 0 Å². The minimum absolute atomic E-state index is 0.833. The number of aromatic amines is 1. The highest BCUT2D eigenvalue weighted by molar-refractivity contribution is 14.1. The smallest absolute Gasteiger partial charge is 0.156 e. The van der Waals surface area contributed by atoms with E-state index in [-0.39, 0.29) is 0 Å². The molecule has 0 bridgehead atoms. The van der Waals surface area contributed by atoms with Gasteiger partial charge in [-0.1, -0.05) is 30.3 Å². The molecule has 4 heteroatoms. The number of nitrogens with zero attached hydrogens (tertiary/aromatic N) is 2. The van der Waals surface area contributed by atoms with Gasteiger partial charge in [0.15, 0.2) is 5.65 Å². The zero-order valence-corrected chi connectivity index (χ0v) is 10.5. The number of H-pyrrole nitrogens is 1. The summed E-state index contributed by atoms with van der Waals surface area (Å²) < 4.78 is 0.905. The van der Waals surface area contributed by atoms with Gasteiger partial charge in [-0.15, -0.1) is 0 Å². The molecule has 0 saturated heterocycles. The molecule has 0 atom stereocenters. The van der Waals surface area contributed by atoms with E-state index in [1.54, 1.807) is 6.20 Å². The van der Waals surface area contributed by atoms with Gasteiger partial charge in [-0.05, 0) is 28.2 Å². The lowest BCUT2D eigenvalue weighted by molar-refractivity contribution is 1.23. The molecule has 2 aromatic heterocycles. The summed E-state index contributed by atoms with van der Waals surface area (Å²) in [5.74, 6) is 0. The van der Waals surface area contributed by atoms with E-state index in [1.165, 1.54) is 0 Å². The molecule has 1 aromatic carbocycles. The van der Waals surface area contributed by atoms with E-state index in [2.05, 4.69) is 49.7 Å². The van der Waals surface area contributed by atoms with E-state index >= 15 is 0 Å². The standard InChI is InChI=1S/C12H8IN3/c13-10-7-15-12-11(16-10)9(6-14-12)8-4-2-1-3-5-8/h1-7H,(H,14,15). The third-order valence-electron chi connectivity index (χ3n) is 2.44. The molecule has 78 valence electrons. The Labute approximate surface area is 106 Å². The SMILES string of the molecule is Ic1cnc2[nH]cc(-c3ccccc3)c2n1. The highest BCUT2D eigenvalue weighted by Gasteiger charge is 2.08. The maximum atomic E-state index is 4.50. The van der Waals surface area contributed by atoms with Crippen molar-refractivity contribution in [1.82, 2.24) is 15.0 Å². The number of halogens is 1. The normalized spacial score (nSPS) is 10.8. The van der Waals surface area contributed by atoms with Crippen LogP contribution in [0.4, 0.5) is 0 Å². The first kappa shape index (κ1) is 9.77. The fraction of sp³-hybridized carbons (Fsp3) is 0. The molecule has 3 nitrogen and oxygen atoms in total. The molecule has 0 radical (unpaired) electrons. The largest absolute Gasteiger partial charge is 0.344 e. The van der Waals surface area contributed by atoms with Crippen LogP contribution in [-0.4, -0.2) is 15.0 Å². The zero-order valence-electron chi connectivity index (χ0n) is 8.31. The van der Waals surface area contributed by atoms with Crippen LogP contribution in [0.3, 0.4) is 0 Å². The molecule has 3 aromatic rings. The lowest BCUT2D eigenvalue weighted by Gasteiger charge is -1.97. The van der Waals surface area contributed by atoms with Gasteiger partial charge in [0.1, 0.15) is 9.22 Å². The van der Waals surface area contributed by atoms with Gasteiger partial charge in [-0.25, -0.2) is 9.97 Å². The van der Waals surface area contributed by atoms with Crippen LogP contribution in [0.25, 0.3) is 22.3 Å². The van der Waals surface area contributed by atoms with Crippen LogP contribution in [-0.2, 0) is 0 Å². The molecule has 0 aliphatic rings. The number of fused-ring (bicyclic) bond motifs is 1. The van der Waals surface area contributed by atoms with Gasteiger partial charge in [0, 0.05) is 11.8 Å². The van der Waals surface area contributed by atoms with Crippen LogP contribution in [0.5, 0.6) is 0 Å². The number of nitrogens with one attached hydrogen (secondary N) is 1. The number of aromatic nitrogens is 3. The number of rotatable bonds is 1. The number of hydrogen-bond donors (Lipinski definition) is 1. The maximum absolute atomic E-state index is 4.50. The van der Waals surface area contributed by atoms with E-state index in [9.17, 15) is 0 Å². The highest BCUT2D eigenvalue weighted by Crippen LogP contribution is 2.26. The summed E-state index contributed by atoms with van der Waals surface area (Å²) in [5.41, 5.74) is 4.02. The first-order chi connectivity index (χ1) is 7.84. The molecule has 1 N–H and O–H groups in total. The average Bonchev–Trinajstić information content (AvgIpc) is 2.73. The Morgan fingerprint density at radius 3 is 2.75 bits per heavy atom. The van der Waals surface area contributed by atoms with Gasteiger partial charge in [0.25, 0.3) is 0 Å². The molecule has 0 fully saturated rings. The second kappa shape index (κ2) is 3.86. The van der Waals surface area contributed by atoms with E-state index in [1.807, 2.05) is 24.4 Å². The molecule has 2 heterocycles. The average molecular weight is 321 g/mol. The van der Waals surface area contributed by atoms with Gasteiger partial charge >= 0.3 is 0 Å².